The van der Waals surface area contributed by atoms with Crippen LogP contribution >= 0.6 is 28.3 Å². The number of benzene rings is 2. The lowest BCUT2D eigenvalue weighted by Gasteiger charge is -2.16. The van der Waals surface area contributed by atoms with Gasteiger partial charge in [0.1, 0.15) is 18.2 Å². The summed E-state index contributed by atoms with van der Waals surface area (Å²) in [6, 6.07) is 14.0. The maximum atomic E-state index is 13.0. The monoisotopic (exact) mass is 469 g/mol. The average molecular weight is 471 g/mol. The van der Waals surface area contributed by atoms with Gasteiger partial charge in [0.2, 0.25) is 0 Å². The highest BCUT2D eigenvalue weighted by Gasteiger charge is 2.13. The van der Waals surface area contributed by atoms with Crippen LogP contribution in [0, 0.1) is 5.82 Å². The summed E-state index contributed by atoms with van der Waals surface area (Å²) >= 11 is 3.57. The Morgan fingerprint density at radius 1 is 1.04 bits per heavy atom. The fourth-order valence-electron chi connectivity index (χ4n) is 2.61. The molecule has 0 aliphatic carbocycles. The molecule has 0 atom stereocenters. The normalized spacial score (nSPS) is 10.4. The van der Waals surface area contributed by atoms with Crippen molar-refractivity contribution in [2.24, 2.45) is 0 Å². The van der Waals surface area contributed by atoms with Gasteiger partial charge in [0.25, 0.3) is 0 Å². The highest BCUT2D eigenvalue weighted by Crippen LogP contribution is 2.37. The second kappa shape index (κ2) is 11.1. The van der Waals surface area contributed by atoms with Crippen LogP contribution < -0.4 is 14.8 Å². The molecule has 4 nitrogen and oxygen atoms in total. The second-order valence-electron chi connectivity index (χ2n) is 5.94. The zero-order chi connectivity index (χ0) is 19.1. The molecule has 0 aliphatic rings. The first-order chi connectivity index (χ1) is 13.2. The van der Waals surface area contributed by atoms with E-state index in [1.165, 1.54) is 12.1 Å². The van der Waals surface area contributed by atoms with Crippen LogP contribution in [0.2, 0.25) is 0 Å². The lowest BCUT2D eigenvalue weighted by Crippen LogP contribution is -2.12. The minimum atomic E-state index is -0.263. The predicted octanol–water partition coefficient (Wildman–Crippen LogP) is 5.87. The maximum absolute atomic E-state index is 13.0. The standard InChI is InChI=1S/C21H21BrFNO3.ClH/c1-2-25-20-11-16(12-24-13-18-4-3-9-26-18)10-19(22)21(20)27-14-15-5-7-17(23)8-6-15;/h3-11,24H,2,12-14H2,1H3;1H. The summed E-state index contributed by atoms with van der Waals surface area (Å²) in [5.74, 6) is 1.93. The first-order valence-corrected chi connectivity index (χ1v) is 9.50. The lowest BCUT2D eigenvalue weighted by atomic mass is 10.2. The Bertz CT molecular complexity index is 857. The molecular formula is C21H22BrClFNO3. The molecular weight excluding hydrogens is 449 g/mol. The molecule has 3 aromatic rings. The number of furan rings is 1. The molecule has 2 aromatic carbocycles. The fourth-order valence-corrected chi connectivity index (χ4v) is 3.21. The summed E-state index contributed by atoms with van der Waals surface area (Å²) in [5.41, 5.74) is 1.95. The molecule has 0 saturated carbocycles. The summed E-state index contributed by atoms with van der Waals surface area (Å²) in [6.07, 6.45) is 1.66. The van der Waals surface area contributed by atoms with E-state index in [0.29, 0.717) is 37.8 Å². The van der Waals surface area contributed by atoms with Gasteiger partial charge in [-0.15, -0.1) is 12.4 Å². The molecule has 1 heterocycles. The van der Waals surface area contributed by atoms with Gasteiger partial charge in [0.15, 0.2) is 11.5 Å². The van der Waals surface area contributed by atoms with E-state index in [-0.39, 0.29) is 18.2 Å². The van der Waals surface area contributed by atoms with E-state index in [1.807, 2.05) is 31.2 Å². The smallest absolute Gasteiger partial charge is 0.175 e. The largest absolute Gasteiger partial charge is 0.490 e. The van der Waals surface area contributed by atoms with Crippen molar-refractivity contribution in [3.8, 4) is 11.5 Å². The molecule has 1 N–H and O–H groups in total. The molecule has 0 amide bonds. The molecule has 28 heavy (non-hydrogen) atoms. The van der Waals surface area contributed by atoms with Crippen molar-refractivity contribution in [3.63, 3.8) is 0 Å². The zero-order valence-electron chi connectivity index (χ0n) is 15.4. The minimum absolute atomic E-state index is 0. The molecule has 0 saturated heterocycles. The van der Waals surface area contributed by atoms with Gasteiger partial charge in [-0.3, -0.25) is 0 Å². The van der Waals surface area contributed by atoms with Crippen molar-refractivity contribution in [3.05, 3.63) is 82.0 Å². The molecule has 150 valence electrons. The van der Waals surface area contributed by atoms with Crippen molar-refractivity contribution in [2.75, 3.05) is 6.61 Å². The summed E-state index contributed by atoms with van der Waals surface area (Å²) in [6.45, 7) is 4.10. The Balaban J connectivity index is 0.00000280. The first-order valence-electron chi connectivity index (χ1n) is 8.71. The second-order valence-corrected chi connectivity index (χ2v) is 6.79. The Morgan fingerprint density at radius 2 is 1.82 bits per heavy atom. The van der Waals surface area contributed by atoms with Crippen LogP contribution in [0.15, 0.2) is 63.7 Å². The summed E-state index contributed by atoms with van der Waals surface area (Å²) in [7, 11) is 0. The van der Waals surface area contributed by atoms with Crippen LogP contribution in [-0.4, -0.2) is 6.61 Å². The third-order valence-corrected chi connectivity index (χ3v) is 4.46. The molecule has 0 fully saturated rings. The van der Waals surface area contributed by atoms with Gasteiger partial charge in [-0.1, -0.05) is 12.1 Å². The highest BCUT2D eigenvalue weighted by atomic mass is 79.9. The van der Waals surface area contributed by atoms with Crippen LogP contribution in [0.1, 0.15) is 23.8 Å². The number of hydrogen-bond donors (Lipinski definition) is 1. The van der Waals surface area contributed by atoms with Crippen LogP contribution in [0.4, 0.5) is 4.39 Å². The minimum Gasteiger partial charge on any atom is -0.490 e. The van der Waals surface area contributed by atoms with E-state index in [1.54, 1.807) is 18.4 Å². The SMILES string of the molecule is CCOc1cc(CNCc2ccco2)cc(Br)c1OCc1ccc(F)cc1.Cl. The van der Waals surface area contributed by atoms with Gasteiger partial charge in [0, 0.05) is 6.54 Å². The van der Waals surface area contributed by atoms with Crippen LogP contribution in [0.25, 0.3) is 0 Å². The molecule has 7 heteroatoms. The number of hydrogen-bond acceptors (Lipinski definition) is 4. The first kappa shape index (κ1) is 22.3. The number of rotatable bonds is 9. The van der Waals surface area contributed by atoms with Crippen molar-refractivity contribution >= 4 is 28.3 Å². The number of ether oxygens (including phenoxy) is 2. The molecule has 0 bridgehead atoms. The predicted molar refractivity (Wildman–Crippen MR) is 113 cm³/mol. The van der Waals surface area contributed by atoms with E-state index >= 15 is 0 Å². The van der Waals surface area contributed by atoms with E-state index in [9.17, 15) is 4.39 Å². The van der Waals surface area contributed by atoms with Crippen molar-refractivity contribution in [1.29, 1.82) is 0 Å². The quantitative estimate of drug-likeness (QED) is 0.425. The molecule has 0 radical (unpaired) electrons. The molecule has 1 aromatic heterocycles. The highest BCUT2D eigenvalue weighted by molar-refractivity contribution is 9.10. The van der Waals surface area contributed by atoms with Gasteiger partial charge >= 0.3 is 0 Å². The van der Waals surface area contributed by atoms with Crippen LogP contribution in [0.5, 0.6) is 11.5 Å². The van der Waals surface area contributed by atoms with Crippen LogP contribution in [0.3, 0.4) is 0 Å². The van der Waals surface area contributed by atoms with Gasteiger partial charge in [-0.05, 0) is 70.4 Å². The fraction of sp³-hybridized carbons (Fsp3) is 0.238. The van der Waals surface area contributed by atoms with E-state index in [0.717, 1.165) is 21.4 Å². The Morgan fingerprint density at radius 3 is 2.50 bits per heavy atom. The lowest BCUT2D eigenvalue weighted by molar-refractivity contribution is 0.267. The van der Waals surface area contributed by atoms with Gasteiger partial charge in [-0.2, -0.15) is 0 Å². The topological polar surface area (TPSA) is 43.6 Å². The van der Waals surface area contributed by atoms with Gasteiger partial charge in [-0.25, -0.2) is 4.39 Å². The van der Waals surface area contributed by atoms with Gasteiger partial charge < -0.3 is 19.2 Å². The molecule has 3 rings (SSSR count). The van der Waals surface area contributed by atoms with Crippen LogP contribution in [-0.2, 0) is 19.7 Å². The van der Waals surface area contributed by atoms with Crippen molar-refractivity contribution < 1.29 is 18.3 Å². The molecule has 0 unspecified atom stereocenters. The third-order valence-electron chi connectivity index (χ3n) is 3.87. The summed E-state index contributed by atoms with van der Waals surface area (Å²) in [5, 5.41) is 3.34. The Kier molecular flexibility index (Phi) is 8.83. The zero-order valence-corrected chi connectivity index (χ0v) is 17.8. The maximum Gasteiger partial charge on any atom is 0.175 e. The van der Waals surface area contributed by atoms with Gasteiger partial charge in [0.05, 0.1) is 23.9 Å². The van der Waals surface area contributed by atoms with E-state index < -0.39 is 0 Å². The van der Waals surface area contributed by atoms with E-state index in [2.05, 4.69) is 21.2 Å². The summed E-state index contributed by atoms with van der Waals surface area (Å²) < 4.78 is 30.9. The molecule has 0 spiro atoms. The van der Waals surface area contributed by atoms with Crippen molar-refractivity contribution in [2.45, 2.75) is 26.6 Å². The number of halogens is 3. The average Bonchev–Trinajstić information content (AvgIpc) is 3.16. The van der Waals surface area contributed by atoms with E-state index in [4.69, 9.17) is 13.9 Å². The Hall–Kier alpha value is -2.02. The Labute approximate surface area is 178 Å². The summed E-state index contributed by atoms with van der Waals surface area (Å²) in [4.78, 5) is 0. The number of nitrogens with one attached hydrogen (secondary N) is 1. The molecule has 0 aliphatic heterocycles. The van der Waals surface area contributed by atoms with Crippen molar-refractivity contribution in [1.82, 2.24) is 5.32 Å². The third kappa shape index (κ3) is 6.26.